The summed E-state index contributed by atoms with van der Waals surface area (Å²) in [6, 6.07) is 4.92. The maximum atomic E-state index is 13.0. The third-order valence-corrected chi connectivity index (χ3v) is 3.12. The minimum atomic E-state index is -4.53. The lowest BCUT2D eigenvalue weighted by molar-refractivity contribution is -0.143. The number of hydrogen-bond acceptors (Lipinski definition) is 1. The zero-order valence-corrected chi connectivity index (χ0v) is 10.2. The predicted octanol–water partition coefficient (Wildman–Crippen LogP) is 3.17. The van der Waals surface area contributed by atoms with E-state index in [9.17, 15) is 18.0 Å². The van der Waals surface area contributed by atoms with E-state index in [0.717, 1.165) is 4.57 Å². The van der Waals surface area contributed by atoms with E-state index in [2.05, 4.69) is 0 Å². The lowest BCUT2D eigenvalue weighted by atomic mass is 10.1. The number of para-hydroxylation sites is 1. The summed E-state index contributed by atoms with van der Waals surface area (Å²) in [5, 5.41) is 0.322. The fourth-order valence-electron chi connectivity index (χ4n) is 2.36. The van der Waals surface area contributed by atoms with Crippen molar-refractivity contribution in [3.8, 4) is 0 Å². The summed E-state index contributed by atoms with van der Waals surface area (Å²) in [4.78, 5) is 12.0. The standard InChI is InChI=1S/C13H12F3NO/c1-7-5-4-6-9-10(7)17(3)12(13(14,15)16)8(2)11(9)18/h4-6H,1-3H3. The molecule has 0 bridgehead atoms. The van der Waals surface area contributed by atoms with Gasteiger partial charge >= 0.3 is 6.18 Å². The van der Waals surface area contributed by atoms with Gasteiger partial charge in [0.25, 0.3) is 0 Å². The van der Waals surface area contributed by atoms with E-state index in [1.54, 1.807) is 25.1 Å². The molecule has 0 amide bonds. The Morgan fingerprint density at radius 2 is 1.78 bits per heavy atom. The molecule has 0 aliphatic rings. The molecule has 96 valence electrons. The number of pyridine rings is 1. The minimum Gasteiger partial charge on any atom is -0.339 e. The van der Waals surface area contributed by atoms with Crippen LogP contribution in [-0.4, -0.2) is 4.57 Å². The van der Waals surface area contributed by atoms with Crippen LogP contribution in [0.5, 0.6) is 0 Å². The Balaban J connectivity index is 3.09. The van der Waals surface area contributed by atoms with Crippen molar-refractivity contribution in [1.29, 1.82) is 0 Å². The maximum absolute atomic E-state index is 13.0. The van der Waals surface area contributed by atoms with E-state index in [1.165, 1.54) is 14.0 Å². The third-order valence-electron chi connectivity index (χ3n) is 3.12. The van der Waals surface area contributed by atoms with Gasteiger partial charge in [-0.05, 0) is 25.5 Å². The summed E-state index contributed by atoms with van der Waals surface area (Å²) < 4.78 is 40.0. The van der Waals surface area contributed by atoms with Crippen molar-refractivity contribution in [3.63, 3.8) is 0 Å². The van der Waals surface area contributed by atoms with E-state index in [0.29, 0.717) is 16.5 Å². The van der Waals surface area contributed by atoms with Crippen LogP contribution in [0.3, 0.4) is 0 Å². The molecule has 0 saturated heterocycles. The zero-order chi connectivity index (χ0) is 13.7. The van der Waals surface area contributed by atoms with Crippen molar-refractivity contribution < 1.29 is 13.2 Å². The summed E-state index contributed by atoms with van der Waals surface area (Å²) in [7, 11) is 1.34. The normalized spacial score (nSPS) is 12.1. The number of benzene rings is 1. The highest BCUT2D eigenvalue weighted by Gasteiger charge is 2.36. The van der Waals surface area contributed by atoms with E-state index >= 15 is 0 Å². The number of hydrogen-bond donors (Lipinski definition) is 0. The number of rotatable bonds is 0. The molecule has 0 spiro atoms. The highest BCUT2D eigenvalue weighted by Crippen LogP contribution is 2.32. The first-order valence-electron chi connectivity index (χ1n) is 5.41. The van der Waals surface area contributed by atoms with E-state index in [4.69, 9.17) is 0 Å². The number of fused-ring (bicyclic) bond motifs is 1. The lowest BCUT2D eigenvalue weighted by Gasteiger charge is -2.18. The van der Waals surface area contributed by atoms with Crippen LogP contribution >= 0.6 is 0 Å². The van der Waals surface area contributed by atoms with E-state index < -0.39 is 17.3 Å². The van der Waals surface area contributed by atoms with Crippen LogP contribution in [-0.2, 0) is 13.2 Å². The molecule has 0 aliphatic heterocycles. The monoisotopic (exact) mass is 255 g/mol. The Bertz CT molecular complexity index is 683. The highest BCUT2D eigenvalue weighted by atomic mass is 19.4. The third kappa shape index (κ3) is 1.70. The molecule has 0 fully saturated rings. The summed E-state index contributed by atoms with van der Waals surface area (Å²) in [6.45, 7) is 2.91. The average molecular weight is 255 g/mol. The van der Waals surface area contributed by atoms with Crippen molar-refractivity contribution in [1.82, 2.24) is 4.57 Å². The molecule has 1 heterocycles. The predicted molar refractivity (Wildman–Crippen MR) is 63.7 cm³/mol. The summed E-state index contributed by atoms with van der Waals surface area (Å²) in [5.74, 6) is 0. The molecule has 2 aromatic rings. The molecule has 0 radical (unpaired) electrons. The lowest BCUT2D eigenvalue weighted by Crippen LogP contribution is -2.23. The topological polar surface area (TPSA) is 22.0 Å². The first-order chi connectivity index (χ1) is 8.25. The summed E-state index contributed by atoms with van der Waals surface area (Å²) in [5.41, 5.74) is -0.713. The van der Waals surface area contributed by atoms with Gasteiger partial charge in [0, 0.05) is 18.0 Å². The van der Waals surface area contributed by atoms with Gasteiger partial charge in [-0.1, -0.05) is 12.1 Å². The number of halogens is 3. The van der Waals surface area contributed by atoms with Crippen LogP contribution in [0.15, 0.2) is 23.0 Å². The Labute approximate surface area is 102 Å². The van der Waals surface area contributed by atoms with E-state index in [1.807, 2.05) is 0 Å². The van der Waals surface area contributed by atoms with Crippen LogP contribution in [0.25, 0.3) is 10.9 Å². The Kier molecular flexibility index (Phi) is 2.72. The van der Waals surface area contributed by atoms with Crippen molar-refractivity contribution in [2.24, 2.45) is 7.05 Å². The molecule has 2 rings (SSSR count). The SMILES string of the molecule is Cc1c(C(F)(F)F)n(C)c2c(C)cccc2c1=O. The molecule has 5 heteroatoms. The molecule has 0 saturated carbocycles. The van der Waals surface area contributed by atoms with Gasteiger partial charge in [0.2, 0.25) is 0 Å². The number of aryl methyl sites for hydroxylation is 2. The van der Waals surface area contributed by atoms with Gasteiger partial charge in [-0.2, -0.15) is 13.2 Å². The average Bonchev–Trinajstić information content (AvgIpc) is 2.24. The van der Waals surface area contributed by atoms with Gasteiger partial charge in [0.1, 0.15) is 5.69 Å². The first kappa shape index (κ1) is 12.7. The largest absolute Gasteiger partial charge is 0.431 e. The molecule has 1 aromatic heterocycles. The Morgan fingerprint density at radius 3 is 2.33 bits per heavy atom. The van der Waals surface area contributed by atoms with Crippen LogP contribution in [0.2, 0.25) is 0 Å². The number of nitrogens with zero attached hydrogens (tertiary/aromatic N) is 1. The first-order valence-corrected chi connectivity index (χ1v) is 5.41. The van der Waals surface area contributed by atoms with Crippen molar-refractivity contribution >= 4 is 10.9 Å². The van der Waals surface area contributed by atoms with Crippen LogP contribution < -0.4 is 5.43 Å². The maximum Gasteiger partial charge on any atom is 0.431 e. The molecule has 0 N–H and O–H groups in total. The fourth-order valence-corrected chi connectivity index (χ4v) is 2.36. The highest BCUT2D eigenvalue weighted by molar-refractivity contribution is 5.83. The quantitative estimate of drug-likeness (QED) is 0.708. The second kappa shape index (κ2) is 3.86. The van der Waals surface area contributed by atoms with Crippen LogP contribution in [0, 0.1) is 13.8 Å². The smallest absolute Gasteiger partial charge is 0.339 e. The van der Waals surface area contributed by atoms with Gasteiger partial charge < -0.3 is 4.57 Å². The molecule has 1 aromatic carbocycles. The summed E-state index contributed by atoms with van der Waals surface area (Å²) in [6.07, 6.45) is -4.53. The van der Waals surface area contributed by atoms with Crippen molar-refractivity contribution in [3.05, 3.63) is 45.2 Å². The molecular formula is C13H12F3NO. The van der Waals surface area contributed by atoms with Gasteiger partial charge in [-0.15, -0.1) is 0 Å². The molecule has 0 unspecified atom stereocenters. The number of alkyl halides is 3. The van der Waals surface area contributed by atoms with Crippen molar-refractivity contribution in [2.45, 2.75) is 20.0 Å². The zero-order valence-electron chi connectivity index (χ0n) is 10.2. The van der Waals surface area contributed by atoms with Crippen LogP contribution in [0.1, 0.15) is 16.8 Å². The fraction of sp³-hybridized carbons (Fsp3) is 0.308. The number of aromatic nitrogens is 1. The molecule has 0 aliphatic carbocycles. The van der Waals surface area contributed by atoms with Crippen molar-refractivity contribution in [2.75, 3.05) is 0 Å². The van der Waals surface area contributed by atoms with E-state index in [-0.39, 0.29) is 5.56 Å². The summed E-state index contributed by atoms with van der Waals surface area (Å²) >= 11 is 0. The van der Waals surface area contributed by atoms with Crippen LogP contribution in [0.4, 0.5) is 13.2 Å². The van der Waals surface area contributed by atoms with Gasteiger partial charge in [-0.3, -0.25) is 4.79 Å². The van der Waals surface area contributed by atoms with Gasteiger partial charge in [0.15, 0.2) is 5.43 Å². The second-order valence-corrected chi connectivity index (χ2v) is 4.33. The molecular weight excluding hydrogens is 243 g/mol. The minimum absolute atomic E-state index is 0.261. The molecule has 2 nitrogen and oxygen atoms in total. The second-order valence-electron chi connectivity index (χ2n) is 4.33. The van der Waals surface area contributed by atoms with Gasteiger partial charge in [-0.25, -0.2) is 0 Å². The molecule has 18 heavy (non-hydrogen) atoms. The molecule has 0 atom stereocenters. The Morgan fingerprint density at radius 1 is 1.17 bits per heavy atom. The van der Waals surface area contributed by atoms with Gasteiger partial charge in [0.05, 0.1) is 5.52 Å². The Hall–Kier alpha value is -1.78.